The number of hydrogen-bond donors (Lipinski definition) is 7. The van der Waals surface area contributed by atoms with Crippen LogP contribution in [0.25, 0.3) is 10.9 Å². The Bertz CT molecular complexity index is 2340. The molecule has 8 N–H and O–H groups in total. The third kappa shape index (κ3) is 42.0. The monoisotopic (exact) mass is 1760 g/mol. The Kier molecular flexibility index (Phi) is 51.6. The molecule has 73 heavy (non-hydrogen) atoms. The van der Waals surface area contributed by atoms with Crippen molar-refractivity contribution in [3.8, 4) is 0 Å². The average molecular weight is 1760 g/mol. The Morgan fingerprint density at radius 3 is 1.51 bits per heavy atom. The Labute approximate surface area is 509 Å². The van der Waals surface area contributed by atoms with Crippen molar-refractivity contribution < 1.29 is 48.0 Å². The van der Waals surface area contributed by atoms with Crippen LogP contribution in [0.1, 0.15) is 55.4 Å². The van der Waals surface area contributed by atoms with Crippen molar-refractivity contribution in [3.05, 3.63) is 95.2 Å². The molecule has 0 saturated carbocycles. The standard InChI is InChI=1S/C14H24N4O2S.C14H21N3O2S.C8H13N3O2S.C8H19NO2.CH4.I3.I2.HI/c1-15-21(19,20)12-13-6-8-14(9-7-13)17-16-10-4-5-11-18(2)3;1-15-20(18,19)10-11-4-5-14-13(8-11)12(9-16-14)6-7-17(2)3;1-10-14(12,13)6-7-2-4-8(11-9)5-3-7;1-9(2)7-5-6-8(10-3)11-4;;1-3-2;1-2;/h6-10,15,17H,4-5,11-12H2,1-3H3;4-5,8-9,15-16H,6-7,10H2,1-3H3;2-5,10-11H,6,9H2,1H3;8H,5-7H2,1-4H3;1H4;;;1H/q;;;;;-1;;/b16-10+;;;;;;;. The molecule has 19 nitrogen and oxygen atoms in total. The van der Waals surface area contributed by atoms with Crippen LogP contribution in [0.3, 0.4) is 0 Å². The van der Waals surface area contributed by atoms with Crippen LogP contribution in [-0.2, 0) is 63.2 Å². The number of hydrogen-bond acceptors (Lipinski definition) is 15. The van der Waals surface area contributed by atoms with Gasteiger partial charge in [0.05, 0.1) is 22.9 Å². The molecule has 0 fully saturated rings. The fourth-order valence-corrected chi connectivity index (χ4v) is 8.02. The summed E-state index contributed by atoms with van der Waals surface area (Å²) < 4.78 is 85.4. The molecule has 0 aliphatic heterocycles. The SMILES string of the molecule is C.CNS(=O)(=O)Cc1ccc(N/N=C/CCCN(C)C)cc1.CNS(=O)(=O)Cc1ccc(NN)cc1.CNS(=O)(=O)Cc1ccc2[nH]cc(CCN(C)C)c2c1.COC(CCCN(C)C)OC.I.II.I[I-]I. The van der Waals surface area contributed by atoms with Crippen molar-refractivity contribution in [3.63, 3.8) is 0 Å². The molecule has 0 saturated heterocycles. The Morgan fingerprint density at radius 2 is 1.10 bits per heavy atom. The fraction of sp³-hybridized carbons (Fsp3) is 0.533. The fourth-order valence-electron chi connectivity index (χ4n) is 5.70. The summed E-state index contributed by atoms with van der Waals surface area (Å²) in [5.41, 5.74) is 11.5. The molecule has 0 unspecified atom stereocenters. The van der Waals surface area contributed by atoms with E-state index in [-0.39, 0.29) is 55.0 Å². The third-order valence-corrected chi connectivity index (χ3v) is 13.5. The number of nitrogens with one attached hydrogen (secondary N) is 6. The summed E-state index contributed by atoms with van der Waals surface area (Å²) in [7, 11) is 10.2. The van der Waals surface area contributed by atoms with Crippen LogP contribution in [0.2, 0.25) is 0 Å². The van der Waals surface area contributed by atoms with Gasteiger partial charge in [-0.05, 0) is 167 Å². The molecule has 0 atom stereocenters. The number of H-pyrrole nitrogens is 1. The van der Waals surface area contributed by atoms with E-state index < -0.39 is 30.1 Å². The first-order valence-electron chi connectivity index (χ1n) is 21.8. The van der Waals surface area contributed by atoms with E-state index in [0.717, 1.165) is 90.7 Å². The van der Waals surface area contributed by atoms with E-state index in [2.05, 4.69) is 138 Å². The summed E-state index contributed by atoms with van der Waals surface area (Å²) in [6, 6.07) is 19.8. The number of ether oxygens (including phenoxy) is 2. The number of benzene rings is 3. The molecular weight excluding hydrogens is 1680 g/mol. The first-order valence-corrected chi connectivity index (χ1v) is 45.6. The number of sulfonamides is 3. The average Bonchev–Trinajstić information content (AvgIpc) is 3.74. The van der Waals surface area contributed by atoms with Gasteiger partial charge >= 0.3 is 50.5 Å². The number of hydrazine groups is 1. The number of unbranched alkanes of at least 4 members (excludes halogenated alkanes) is 1. The minimum absolute atomic E-state index is 0. The molecule has 0 aliphatic rings. The molecule has 0 amide bonds. The molecule has 4 rings (SSSR count). The number of aromatic amines is 1. The first-order chi connectivity index (χ1) is 33.5. The van der Waals surface area contributed by atoms with Gasteiger partial charge in [-0.1, -0.05) is 37.8 Å². The summed E-state index contributed by atoms with van der Waals surface area (Å²) in [5.74, 6) is 5.15. The van der Waals surface area contributed by atoms with Gasteiger partial charge in [-0.3, -0.25) is 11.3 Å². The molecule has 1 heterocycles. The summed E-state index contributed by atoms with van der Waals surface area (Å²) >= 11 is 9.54. The third-order valence-electron chi connectivity index (χ3n) is 9.53. The van der Waals surface area contributed by atoms with Gasteiger partial charge in [0, 0.05) is 87.0 Å². The molecule has 28 heteroatoms. The van der Waals surface area contributed by atoms with Gasteiger partial charge < -0.3 is 34.6 Å². The maximum absolute atomic E-state index is 11.6. The number of methoxy groups -OCH3 is 2. The number of fused-ring (bicyclic) bond motifs is 1. The van der Waals surface area contributed by atoms with Crippen molar-refractivity contribution in [1.29, 1.82) is 0 Å². The number of halogens is 6. The van der Waals surface area contributed by atoms with E-state index in [1.54, 1.807) is 50.6 Å². The van der Waals surface area contributed by atoms with Crippen molar-refractivity contribution in [1.82, 2.24) is 33.8 Å². The van der Waals surface area contributed by atoms with Crippen LogP contribution >= 0.6 is 98.4 Å². The normalized spacial score (nSPS) is 11.2. The Balaban J connectivity index is -0.000000428. The molecule has 0 aliphatic carbocycles. The molecule has 0 spiro atoms. The van der Waals surface area contributed by atoms with Crippen LogP contribution in [-0.4, -0.2) is 155 Å². The van der Waals surface area contributed by atoms with Crippen molar-refractivity contribution in [2.24, 2.45) is 10.9 Å². The van der Waals surface area contributed by atoms with Crippen molar-refractivity contribution in [2.75, 3.05) is 108 Å². The topological polar surface area (TPSA) is 245 Å². The van der Waals surface area contributed by atoms with Gasteiger partial charge in [0.15, 0.2) is 6.29 Å². The van der Waals surface area contributed by atoms with E-state index >= 15 is 0 Å². The van der Waals surface area contributed by atoms with Gasteiger partial charge in [0.1, 0.15) is 0 Å². The van der Waals surface area contributed by atoms with Gasteiger partial charge in [0.25, 0.3) is 0 Å². The van der Waals surface area contributed by atoms with E-state index in [9.17, 15) is 25.3 Å². The van der Waals surface area contributed by atoms with Gasteiger partial charge in [0.2, 0.25) is 30.1 Å². The molecule has 3 aromatic carbocycles. The van der Waals surface area contributed by atoms with Crippen LogP contribution in [0, 0.1) is 0 Å². The zero-order chi connectivity index (χ0) is 54.5. The number of aromatic nitrogens is 1. The van der Waals surface area contributed by atoms with E-state index in [1.807, 2.05) is 70.9 Å². The number of rotatable bonds is 25. The maximum atomic E-state index is 11.6. The number of hydrazone groups is 1. The molecule has 0 radical (unpaired) electrons. The van der Waals surface area contributed by atoms with Crippen LogP contribution in [0.4, 0.5) is 11.4 Å². The molecule has 4 aromatic rings. The molecule has 0 bridgehead atoms. The van der Waals surface area contributed by atoms with Crippen LogP contribution in [0.5, 0.6) is 0 Å². The molecular formula is C45H82I6N11O8S3-. The second-order valence-corrected chi connectivity index (χ2v) is 38.0. The van der Waals surface area contributed by atoms with Gasteiger partial charge in [-0.25, -0.2) is 39.4 Å². The van der Waals surface area contributed by atoms with E-state index in [1.165, 1.54) is 26.7 Å². The first kappa shape index (κ1) is 79.8. The van der Waals surface area contributed by atoms with Gasteiger partial charge in [-0.15, -0.1) is 24.0 Å². The van der Waals surface area contributed by atoms with Gasteiger partial charge in [-0.2, -0.15) is 5.10 Å². The predicted octanol–water partition coefficient (Wildman–Crippen LogP) is 5.57. The number of likely N-dealkylation sites (N-methyl/N-ethyl adjacent to an activating group) is 1. The summed E-state index contributed by atoms with van der Waals surface area (Å²) in [6.07, 6.45) is 8.82. The van der Waals surface area contributed by atoms with E-state index in [4.69, 9.17) is 15.3 Å². The molecule has 1 aromatic heterocycles. The minimum atomic E-state index is -3.23. The zero-order valence-corrected chi connectivity index (χ0v) is 58.6. The summed E-state index contributed by atoms with van der Waals surface area (Å²) in [5, 5.41) is 5.24. The summed E-state index contributed by atoms with van der Waals surface area (Å²) in [6.45, 7) is 3.09. The number of nitrogens with two attached hydrogens (primary N) is 1. The number of nitrogens with zero attached hydrogens (tertiary/aromatic N) is 4. The van der Waals surface area contributed by atoms with E-state index in [0.29, 0.717) is 13.3 Å². The van der Waals surface area contributed by atoms with Crippen molar-refractivity contribution in [2.45, 2.75) is 63.1 Å². The quantitative estimate of drug-likeness (QED) is 0.0107. The molecule has 426 valence electrons. The number of nitrogen functional groups attached to an aromatic ring is 1. The van der Waals surface area contributed by atoms with Crippen molar-refractivity contribution >= 4 is 157 Å². The Hall–Kier alpha value is 0.340. The number of anilines is 2. The summed E-state index contributed by atoms with van der Waals surface area (Å²) in [4.78, 5) is 9.66. The second kappa shape index (κ2) is 47.2. The Morgan fingerprint density at radius 1 is 0.685 bits per heavy atom. The predicted molar refractivity (Wildman–Crippen MR) is 350 cm³/mol. The van der Waals surface area contributed by atoms with Crippen LogP contribution in [0.15, 0.2) is 78.0 Å². The van der Waals surface area contributed by atoms with Crippen LogP contribution < -0.4 is 44.1 Å². The second-order valence-electron chi connectivity index (χ2n) is 15.9. The zero-order valence-electron chi connectivity index (χ0n) is 43.0.